The van der Waals surface area contributed by atoms with Gasteiger partial charge in [0.05, 0.1) is 18.8 Å². The van der Waals surface area contributed by atoms with Crippen LogP contribution in [0, 0.1) is 5.82 Å². The monoisotopic (exact) mass is 572 g/mol. The van der Waals surface area contributed by atoms with Crippen LogP contribution >= 0.6 is 0 Å². The Bertz CT molecular complexity index is 1450. The van der Waals surface area contributed by atoms with Crippen molar-refractivity contribution in [2.24, 2.45) is 0 Å². The highest BCUT2D eigenvalue weighted by molar-refractivity contribution is 6.39. The summed E-state index contributed by atoms with van der Waals surface area (Å²) in [6.07, 6.45) is 0. The number of aliphatic hydroxyl groups is 4. The number of nitrogens with one attached hydrogen (secondary N) is 2. The molecule has 0 saturated carbocycles. The summed E-state index contributed by atoms with van der Waals surface area (Å²) >= 11 is 0. The summed E-state index contributed by atoms with van der Waals surface area (Å²) in [5.74, 6) is -14.7. The molecular formula is C25H26BFN4O10. The normalized spacial score (nSPS) is 22.0. The average molecular weight is 572 g/mol. The Morgan fingerprint density at radius 2 is 1.73 bits per heavy atom. The van der Waals surface area contributed by atoms with Gasteiger partial charge in [-0.3, -0.25) is 24.6 Å². The molecule has 5 rings (SSSR count). The van der Waals surface area contributed by atoms with Crippen molar-refractivity contribution in [3.05, 3.63) is 46.3 Å². The van der Waals surface area contributed by atoms with E-state index in [1.165, 1.54) is 6.07 Å². The fourth-order valence-electron chi connectivity index (χ4n) is 5.22. The van der Waals surface area contributed by atoms with Crippen LogP contribution in [-0.4, -0.2) is 110 Å². The molecule has 0 bridgehead atoms. The van der Waals surface area contributed by atoms with Gasteiger partial charge in [-0.25, -0.2) is 4.39 Å². The van der Waals surface area contributed by atoms with E-state index in [0.29, 0.717) is 43.3 Å². The third-order valence-corrected chi connectivity index (χ3v) is 7.51. The van der Waals surface area contributed by atoms with E-state index in [2.05, 4.69) is 5.32 Å². The predicted octanol–water partition coefficient (Wildman–Crippen LogP) is -3.18. The summed E-state index contributed by atoms with van der Waals surface area (Å²) in [5.41, 5.74) is -0.620. The van der Waals surface area contributed by atoms with Gasteiger partial charge in [0.25, 0.3) is 23.5 Å². The lowest BCUT2D eigenvalue weighted by atomic mass is 9.87. The summed E-state index contributed by atoms with van der Waals surface area (Å²) in [6.45, 7) is 1.85. The largest absolute Gasteiger partial charge is 0.505 e. The Balaban J connectivity index is 1.45. The van der Waals surface area contributed by atoms with E-state index in [-0.39, 0.29) is 23.4 Å². The minimum Gasteiger partial charge on any atom is -0.505 e. The van der Waals surface area contributed by atoms with Crippen molar-refractivity contribution in [1.82, 2.24) is 15.1 Å². The zero-order valence-electron chi connectivity index (χ0n) is 21.4. The number of aromatic hydroxyl groups is 2. The van der Waals surface area contributed by atoms with Crippen molar-refractivity contribution < 1.29 is 54.2 Å². The molecule has 2 aromatic carbocycles. The standard InChI is InChI=1S/C25H26BFN4O10/c26-15-17(28-8-11-2-1-3-12(16(11)27)9-30-4-6-41-7-5-30)13-10-31(22(35)14(13)18(32)19(15)33)20-21(34)29-23(36)25(39,40)24(20,37)38/h1-3,20,28,32-33,37-40H,4-10H2,(H,29,34,36). The predicted molar refractivity (Wildman–Crippen MR) is 136 cm³/mol. The smallest absolute Gasteiger partial charge is 0.303 e. The van der Waals surface area contributed by atoms with Crippen LogP contribution < -0.4 is 16.1 Å². The maximum Gasteiger partial charge on any atom is 0.303 e. The molecule has 2 saturated heterocycles. The number of piperidine rings is 1. The molecule has 0 aliphatic carbocycles. The third kappa shape index (κ3) is 4.58. The zero-order valence-corrected chi connectivity index (χ0v) is 21.4. The topological polar surface area (TPSA) is 212 Å². The number of morpholine rings is 1. The number of nitrogens with zero attached hydrogens (tertiary/aromatic N) is 2. The van der Waals surface area contributed by atoms with Gasteiger partial charge in [0.1, 0.15) is 13.7 Å². The van der Waals surface area contributed by atoms with E-state index < -0.39 is 70.2 Å². The number of carbonyl (C=O) groups excluding carboxylic acids is 3. The second kappa shape index (κ2) is 10.2. The van der Waals surface area contributed by atoms with Crippen molar-refractivity contribution in [3.8, 4) is 11.5 Å². The average Bonchev–Trinajstić information content (AvgIpc) is 3.25. The molecule has 2 fully saturated rings. The van der Waals surface area contributed by atoms with Crippen molar-refractivity contribution >= 4 is 36.7 Å². The Morgan fingerprint density at radius 3 is 2.41 bits per heavy atom. The van der Waals surface area contributed by atoms with Crippen LogP contribution in [0.25, 0.3) is 0 Å². The van der Waals surface area contributed by atoms with E-state index in [1.807, 2.05) is 4.90 Å². The molecule has 3 heterocycles. The van der Waals surface area contributed by atoms with Gasteiger partial charge in [-0.2, -0.15) is 0 Å². The summed E-state index contributed by atoms with van der Waals surface area (Å²) < 4.78 is 20.7. The van der Waals surface area contributed by atoms with Gasteiger partial charge in [-0.05, 0) is 5.46 Å². The molecule has 3 aliphatic heterocycles. The lowest BCUT2D eigenvalue weighted by molar-refractivity contribution is -0.355. The minimum atomic E-state index is -3.89. The number of hydrogen-bond acceptors (Lipinski definition) is 12. The number of rotatable bonds is 6. The quantitative estimate of drug-likeness (QED) is 0.0566. The Morgan fingerprint density at radius 1 is 1.07 bits per heavy atom. The first-order valence-corrected chi connectivity index (χ1v) is 12.5. The Hall–Kier alpha value is -3.80. The molecule has 14 nitrogen and oxygen atoms in total. The van der Waals surface area contributed by atoms with Crippen molar-refractivity contribution in [3.63, 3.8) is 0 Å². The van der Waals surface area contributed by atoms with Gasteiger partial charge in [0.15, 0.2) is 17.5 Å². The number of benzene rings is 2. The van der Waals surface area contributed by atoms with Gasteiger partial charge in [0.2, 0.25) is 0 Å². The number of anilines is 1. The SMILES string of the molecule is [B]c1c(O)c(O)c2c(c1NCc1cccc(CN3CCOCC3)c1F)CN(C1C(=O)NC(=O)C(O)(O)C1(O)O)C2=O. The number of phenols is 2. The first kappa shape index (κ1) is 28.7. The molecule has 216 valence electrons. The minimum absolute atomic E-state index is 0.116. The van der Waals surface area contributed by atoms with Crippen LogP contribution in [0.3, 0.4) is 0 Å². The summed E-state index contributed by atoms with van der Waals surface area (Å²) in [4.78, 5) is 40.1. The zero-order chi connectivity index (χ0) is 29.9. The molecule has 3 amide bonds. The summed E-state index contributed by atoms with van der Waals surface area (Å²) in [6, 6.07) is 2.36. The maximum atomic E-state index is 15.4. The van der Waals surface area contributed by atoms with E-state index in [9.17, 15) is 45.0 Å². The molecule has 2 aromatic rings. The van der Waals surface area contributed by atoms with Crippen molar-refractivity contribution in [1.29, 1.82) is 0 Å². The summed E-state index contributed by atoms with van der Waals surface area (Å²) in [7, 11) is 6.01. The number of hydrogen-bond donors (Lipinski definition) is 8. The number of fused-ring (bicyclic) bond motifs is 1. The first-order chi connectivity index (χ1) is 19.3. The molecule has 8 N–H and O–H groups in total. The van der Waals surface area contributed by atoms with Gasteiger partial charge in [-0.1, -0.05) is 18.2 Å². The first-order valence-electron chi connectivity index (χ1n) is 12.5. The number of imide groups is 1. The Labute approximate surface area is 233 Å². The van der Waals surface area contributed by atoms with E-state index in [1.54, 1.807) is 17.4 Å². The second-order valence-corrected chi connectivity index (χ2v) is 10.0. The van der Waals surface area contributed by atoms with Crippen molar-refractivity contribution in [2.45, 2.75) is 37.3 Å². The van der Waals surface area contributed by atoms with Crippen molar-refractivity contribution in [2.75, 3.05) is 31.6 Å². The fourth-order valence-corrected chi connectivity index (χ4v) is 5.22. The van der Waals surface area contributed by atoms with Gasteiger partial charge in [0, 0.05) is 55.1 Å². The highest BCUT2D eigenvalue weighted by Crippen LogP contribution is 2.43. The molecular weight excluding hydrogens is 546 g/mol. The van der Waals surface area contributed by atoms with Crippen LogP contribution in [0.15, 0.2) is 18.2 Å². The number of halogens is 1. The van der Waals surface area contributed by atoms with E-state index in [4.69, 9.17) is 12.6 Å². The number of amides is 3. The number of ether oxygens (including phenoxy) is 1. The molecule has 2 radical (unpaired) electrons. The van der Waals surface area contributed by atoms with E-state index in [0.717, 1.165) is 0 Å². The number of phenolic OH excluding ortho intramolecular Hbond substituents is 2. The van der Waals surface area contributed by atoms with Gasteiger partial charge >= 0.3 is 5.79 Å². The van der Waals surface area contributed by atoms with Crippen LogP contribution in [0.4, 0.5) is 10.1 Å². The second-order valence-electron chi connectivity index (χ2n) is 10.0. The van der Waals surface area contributed by atoms with Crippen LogP contribution in [0.2, 0.25) is 0 Å². The third-order valence-electron chi connectivity index (χ3n) is 7.51. The molecule has 41 heavy (non-hydrogen) atoms. The van der Waals surface area contributed by atoms with Gasteiger partial charge < -0.3 is 45.6 Å². The molecule has 3 aliphatic rings. The molecule has 1 unspecified atom stereocenters. The number of carbonyl (C=O) groups is 3. The molecule has 16 heteroatoms. The fraction of sp³-hybridized carbons (Fsp3) is 0.400. The molecule has 0 spiro atoms. The summed E-state index contributed by atoms with van der Waals surface area (Å²) in [5, 5.41) is 66.1. The van der Waals surface area contributed by atoms with Crippen LogP contribution in [0.5, 0.6) is 11.5 Å². The van der Waals surface area contributed by atoms with Crippen LogP contribution in [0.1, 0.15) is 27.0 Å². The highest BCUT2D eigenvalue weighted by atomic mass is 19.1. The molecule has 0 aromatic heterocycles. The Kier molecular flexibility index (Phi) is 7.17. The maximum absolute atomic E-state index is 15.4. The lowest BCUT2D eigenvalue weighted by Crippen LogP contribution is -2.79. The van der Waals surface area contributed by atoms with Gasteiger partial charge in [-0.15, -0.1) is 0 Å². The molecule has 1 atom stereocenters. The lowest BCUT2D eigenvalue weighted by Gasteiger charge is -2.44. The van der Waals surface area contributed by atoms with E-state index >= 15 is 4.39 Å². The highest BCUT2D eigenvalue weighted by Gasteiger charge is 2.67. The van der Waals surface area contributed by atoms with Crippen LogP contribution in [-0.2, 0) is 34.0 Å².